The van der Waals surface area contributed by atoms with Gasteiger partial charge in [-0.3, -0.25) is 4.57 Å². The first-order valence-corrected chi connectivity index (χ1v) is 4.53. The fourth-order valence-corrected chi connectivity index (χ4v) is 1.56. The van der Waals surface area contributed by atoms with Crippen LogP contribution in [0.2, 0.25) is 0 Å². The Morgan fingerprint density at radius 1 is 0.917 bits per heavy atom. The van der Waals surface area contributed by atoms with Gasteiger partial charge in [-0.15, -0.1) is 0 Å². The lowest BCUT2D eigenvalue weighted by atomic mass is 10.1. The predicted octanol–water partition coefficient (Wildman–Crippen LogP) is 2.76. The van der Waals surface area contributed by atoms with Crippen LogP contribution in [-0.2, 0) is 4.57 Å². The highest BCUT2D eigenvalue weighted by molar-refractivity contribution is 7.34. The van der Waals surface area contributed by atoms with Crippen LogP contribution in [0.3, 0.4) is 0 Å². The molecule has 0 heterocycles. The van der Waals surface area contributed by atoms with Crippen LogP contribution < -0.4 is 5.30 Å². The highest BCUT2D eigenvalue weighted by atomic mass is 31.1. The summed E-state index contributed by atoms with van der Waals surface area (Å²) in [5.74, 6) is 0. The lowest BCUT2D eigenvalue weighted by Gasteiger charge is -1.95. The van der Waals surface area contributed by atoms with Crippen LogP contribution in [0.4, 0.5) is 0 Å². The van der Waals surface area contributed by atoms with Gasteiger partial charge in [0.2, 0.25) is 0 Å². The third kappa shape index (κ3) is 1.24. The standard InChI is InChI=1S/C10H7OP/c11-12-10-6-5-8-3-1-2-4-9(8)7-10/h1-7H. The fourth-order valence-electron chi connectivity index (χ4n) is 1.23. The van der Waals surface area contributed by atoms with Crippen LogP contribution in [0.5, 0.6) is 0 Å². The lowest BCUT2D eigenvalue weighted by molar-refractivity contribution is 0.603. The molecule has 2 rings (SSSR count). The van der Waals surface area contributed by atoms with Gasteiger partial charge in [-0.05, 0) is 22.9 Å². The Balaban J connectivity index is 2.75. The summed E-state index contributed by atoms with van der Waals surface area (Å²) >= 11 is 0. The van der Waals surface area contributed by atoms with Crippen molar-refractivity contribution in [1.29, 1.82) is 0 Å². The number of hydrogen-bond acceptors (Lipinski definition) is 1. The second-order valence-electron chi connectivity index (χ2n) is 2.62. The van der Waals surface area contributed by atoms with Gasteiger partial charge in [-0.25, -0.2) is 0 Å². The van der Waals surface area contributed by atoms with Gasteiger partial charge in [0, 0.05) is 5.30 Å². The molecule has 0 aliphatic rings. The summed E-state index contributed by atoms with van der Waals surface area (Å²) in [5.41, 5.74) is 0. The van der Waals surface area contributed by atoms with E-state index in [1.807, 2.05) is 42.5 Å². The first-order valence-electron chi connectivity index (χ1n) is 3.72. The second-order valence-corrected chi connectivity index (χ2v) is 3.32. The zero-order valence-corrected chi connectivity index (χ0v) is 7.29. The van der Waals surface area contributed by atoms with Gasteiger partial charge < -0.3 is 0 Å². The Morgan fingerprint density at radius 3 is 2.42 bits per heavy atom. The molecule has 0 aliphatic heterocycles. The monoisotopic (exact) mass is 174 g/mol. The summed E-state index contributed by atoms with van der Waals surface area (Å²) in [6.45, 7) is 0. The van der Waals surface area contributed by atoms with E-state index in [1.165, 1.54) is 5.39 Å². The van der Waals surface area contributed by atoms with E-state index >= 15 is 0 Å². The fraction of sp³-hybridized carbons (Fsp3) is 0. The molecule has 0 unspecified atom stereocenters. The molecule has 2 aromatic rings. The van der Waals surface area contributed by atoms with E-state index < -0.39 is 0 Å². The van der Waals surface area contributed by atoms with E-state index in [1.54, 1.807) is 0 Å². The van der Waals surface area contributed by atoms with E-state index in [-0.39, 0.29) is 8.46 Å². The van der Waals surface area contributed by atoms with Crippen molar-refractivity contribution in [3.8, 4) is 0 Å². The third-order valence-corrected chi connectivity index (χ3v) is 2.33. The number of fused-ring (bicyclic) bond motifs is 1. The number of hydrogen-bond donors (Lipinski definition) is 0. The summed E-state index contributed by atoms with van der Waals surface area (Å²) in [6, 6.07) is 13.8. The van der Waals surface area contributed by atoms with Crippen molar-refractivity contribution in [3.63, 3.8) is 0 Å². The Kier molecular flexibility index (Phi) is 1.89. The SMILES string of the molecule is O=Pc1ccc2ccccc2c1. The van der Waals surface area contributed by atoms with Crippen molar-refractivity contribution in [1.82, 2.24) is 0 Å². The summed E-state index contributed by atoms with van der Waals surface area (Å²) in [5, 5.41) is 3.15. The summed E-state index contributed by atoms with van der Waals surface area (Å²) in [7, 11) is 0.0885. The predicted molar refractivity (Wildman–Crippen MR) is 51.2 cm³/mol. The molecule has 0 atom stereocenters. The van der Waals surface area contributed by atoms with Crippen LogP contribution in [-0.4, -0.2) is 0 Å². The van der Waals surface area contributed by atoms with Crippen LogP contribution in [0.1, 0.15) is 0 Å². The summed E-state index contributed by atoms with van der Waals surface area (Å²) in [6.07, 6.45) is 0. The molecule has 0 aliphatic carbocycles. The smallest absolute Gasteiger partial charge is 0.192 e. The molecule has 58 valence electrons. The molecular weight excluding hydrogens is 167 g/mol. The Bertz CT molecular complexity index is 423. The second kappa shape index (κ2) is 3.04. The molecule has 0 aromatic heterocycles. The van der Waals surface area contributed by atoms with E-state index in [2.05, 4.69) is 0 Å². The van der Waals surface area contributed by atoms with Crippen molar-refractivity contribution in [2.75, 3.05) is 0 Å². The first-order chi connectivity index (χ1) is 5.90. The molecule has 12 heavy (non-hydrogen) atoms. The molecule has 0 saturated carbocycles. The molecule has 1 nitrogen and oxygen atoms in total. The van der Waals surface area contributed by atoms with E-state index in [4.69, 9.17) is 0 Å². The van der Waals surface area contributed by atoms with Gasteiger partial charge >= 0.3 is 0 Å². The molecular formula is C10H7OP. The zero-order valence-electron chi connectivity index (χ0n) is 6.40. The topological polar surface area (TPSA) is 17.1 Å². The van der Waals surface area contributed by atoms with Crippen molar-refractivity contribution in [3.05, 3.63) is 42.5 Å². The Morgan fingerprint density at radius 2 is 1.67 bits per heavy atom. The minimum absolute atomic E-state index is 0.0885. The van der Waals surface area contributed by atoms with E-state index in [0.29, 0.717) is 0 Å². The molecule has 2 heteroatoms. The normalized spacial score (nSPS) is 10.7. The molecule has 2 aromatic carbocycles. The van der Waals surface area contributed by atoms with Gasteiger partial charge in [0.15, 0.2) is 8.46 Å². The highest BCUT2D eigenvalue weighted by Crippen LogP contribution is 2.12. The third-order valence-electron chi connectivity index (χ3n) is 1.84. The summed E-state index contributed by atoms with van der Waals surface area (Å²) < 4.78 is 10.5. The highest BCUT2D eigenvalue weighted by Gasteiger charge is 1.93. The first kappa shape index (κ1) is 7.45. The molecule has 0 N–H and O–H groups in total. The van der Waals surface area contributed by atoms with E-state index in [9.17, 15) is 4.57 Å². The van der Waals surface area contributed by atoms with Crippen molar-refractivity contribution in [2.24, 2.45) is 0 Å². The quantitative estimate of drug-likeness (QED) is 0.607. The molecule has 0 bridgehead atoms. The Labute approximate surface area is 72.2 Å². The van der Waals surface area contributed by atoms with Gasteiger partial charge in [0.05, 0.1) is 0 Å². The molecule has 0 radical (unpaired) electrons. The van der Waals surface area contributed by atoms with Crippen LogP contribution in [0.15, 0.2) is 42.5 Å². The van der Waals surface area contributed by atoms with Crippen LogP contribution in [0, 0.1) is 0 Å². The van der Waals surface area contributed by atoms with Gasteiger partial charge in [0.25, 0.3) is 0 Å². The maximum atomic E-state index is 10.5. The summed E-state index contributed by atoms with van der Waals surface area (Å²) in [4.78, 5) is 0. The Hall–Kier alpha value is -1.20. The van der Waals surface area contributed by atoms with Crippen molar-refractivity contribution in [2.45, 2.75) is 0 Å². The maximum absolute atomic E-state index is 10.5. The molecule has 0 spiro atoms. The van der Waals surface area contributed by atoms with Gasteiger partial charge in [-0.1, -0.05) is 30.3 Å². The minimum Gasteiger partial charge on any atom is -0.269 e. The maximum Gasteiger partial charge on any atom is 0.192 e. The largest absolute Gasteiger partial charge is 0.269 e. The van der Waals surface area contributed by atoms with Crippen molar-refractivity contribution >= 4 is 24.5 Å². The van der Waals surface area contributed by atoms with Crippen LogP contribution >= 0.6 is 8.46 Å². The van der Waals surface area contributed by atoms with Crippen LogP contribution in [0.25, 0.3) is 10.8 Å². The number of rotatable bonds is 1. The van der Waals surface area contributed by atoms with Gasteiger partial charge in [0.1, 0.15) is 0 Å². The lowest BCUT2D eigenvalue weighted by Crippen LogP contribution is -1.88. The zero-order chi connectivity index (χ0) is 8.39. The molecule has 0 fully saturated rings. The average molecular weight is 174 g/mol. The minimum atomic E-state index is 0.0885. The average Bonchev–Trinajstić information content (AvgIpc) is 2.17. The molecule has 0 saturated heterocycles. The number of benzene rings is 2. The van der Waals surface area contributed by atoms with Crippen molar-refractivity contribution < 1.29 is 4.57 Å². The molecule has 0 amide bonds. The van der Waals surface area contributed by atoms with E-state index in [0.717, 1.165) is 10.7 Å². The van der Waals surface area contributed by atoms with Gasteiger partial charge in [-0.2, -0.15) is 0 Å².